The fourth-order valence-corrected chi connectivity index (χ4v) is 2.67. The quantitative estimate of drug-likeness (QED) is 0.424. The summed E-state index contributed by atoms with van der Waals surface area (Å²) >= 11 is 0. The van der Waals surface area contributed by atoms with E-state index >= 15 is 0 Å². The van der Waals surface area contributed by atoms with Crippen LogP contribution in [0, 0.1) is 0 Å². The van der Waals surface area contributed by atoms with E-state index in [4.69, 9.17) is 0 Å². The van der Waals surface area contributed by atoms with Gasteiger partial charge in [-0.2, -0.15) is 5.54 Å². The third-order valence-electron chi connectivity index (χ3n) is 4.27. The summed E-state index contributed by atoms with van der Waals surface area (Å²) in [6.45, 7) is 11.3. The van der Waals surface area contributed by atoms with Crippen molar-refractivity contribution in [2.24, 2.45) is 0 Å². The molecule has 0 aromatic heterocycles. The van der Waals surface area contributed by atoms with Crippen molar-refractivity contribution in [1.82, 2.24) is 10.9 Å². The molecule has 2 nitrogen and oxygen atoms in total. The summed E-state index contributed by atoms with van der Waals surface area (Å²) < 4.78 is 12.1. The fourth-order valence-electron chi connectivity index (χ4n) is 2.67. The van der Waals surface area contributed by atoms with Gasteiger partial charge in [0.2, 0.25) is 0 Å². The van der Waals surface area contributed by atoms with Gasteiger partial charge in [-0.3, -0.25) is 0 Å². The van der Waals surface area contributed by atoms with Gasteiger partial charge in [0.25, 0.3) is 0 Å². The number of hydrogen-bond acceptors (Lipinski definition) is 2. The Morgan fingerprint density at radius 1 is 1.09 bits per heavy atom. The Hall–Kier alpha value is -1.35. The van der Waals surface area contributed by atoms with Crippen LogP contribution in [0.25, 0.3) is 0 Å². The van der Waals surface area contributed by atoms with Crippen molar-refractivity contribution < 1.29 is 4.48 Å². The molecule has 0 aliphatic rings. The zero-order chi connectivity index (χ0) is 17.1. The molecule has 0 saturated carbocycles. The molecular formula is C20H33FN2. The molecule has 1 aromatic rings. The Morgan fingerprint density at radius 2 is 1.70 bits per heavy atom. The van der Waals surface area contributed by atoms with Crippen LogP contribution in [0.1, 0.15) is 63.1 Å². The van der Waals surface area contributed by atoms with Gasteiger partial charge >= 0.3 is 0 Å². The van der Waals surface area contributed by atoms with Crippen LogP contribution in [0.3, 0.4) is 0 Å². The largest absolute Gasteiger partial charge is 0.389 e. The monoisotopic (exact) mass is 320 g/mol. The van der Waals surface area contributed by atoms with Gasteiger partial charge in [-0.1, -0.05) is 45.0 Å². The lowest BCUT2D eigenvalue weighted by Crippen LogP contribution is -2.18. The maximum absolute atomic E-state index is 12.1. The molecule has 0 radical (unpaired) electrons. The summed E-state index contributed by atoms with van der Waals surface area (Å²) in [5.41, 5.74) is 7.14. The van der Waals surface area contributed by atoms with Crippen molar-refractivity contribution in [3.05, 3.63) is 47.2 Å². The lowest BCUT2D eigenvalue weighted by Gasteiger charge is -2.12. The van der Waals surface area contributed by atoms with Gasteiger partial charge in [-0.25, -0.2) is 0 Å². The topological polar surface area (TPSA) is 24.1 Å². The van der Waals surface area contributed by atoms with Crippen LogP contribution < -0.4 is 10.9 Å². The number of hydrogen-bond donors (Lipinski definition) is 2. The minimum atomic E-state index is -0.0446. The van der Waals surface area contributed by atoms with Gasteiger partial charge in [0.1, 0.15) is 0 Å². The molecule has 0 aliphatic heterocycles. The summed E-state index contributed by atoms with van der Waals surface area (Å²) in [5, 5.41) is 3.39. The van der Waals surface area contributed by atoms with E-state index in [1.54, 1.807) is 5.54 Å². The Balaban J connectivity index is 2.28. The standard InChI is InChI=1S/C20H33FN2/c1-5-18-13-19(6-2)15-20(14-18)11-10-16(3)22-12-8-7-9-17(4)23-21/h13-15,17,22-23H,3,5-12H2,1-2,4H3. The van der Waals surface area contributed by atoms with Crippen LogP contribution in [0.5, 0.6) is 0 Å². The molecule has 23 heavy (non-hydrogen) atoms. The second-order valence-electron chi connectivity index (χ2n) is 6.40. The van der Waals surface area contributed by atoms with Gasteiger partial charge in [-0.05, 0) is 62.1 Å². The van der Waals surface area contributed by atoms with E-state index in [0.717, 1.165) is 57.2 Å². The number of allylic oxidation sites excluding steroid dienone is 1. The molecule has 0 heterocycles. The summed E-state index contributed by atoms with van der Waals surface area (Å²) in [5.74, 6) is 0. The lowest BCUT2D eigenvalue weighted by molar-refractivity contribution is 0.269. The summed E-state index contributed by atoms with van der Waals surface area (Å²) in [6.07, 6.45) is 7.13. The third kappa shape index (κ3) is 8.17. The maximum Gasteiger partial charge on any atom is 0.0343 e. The number of rotatable bonds is 12. The minimum Gasteiger partial charge on any atom is -0.389 e. The van der Waals surface area contributed by atoms with Gasteiger partial charge in [0, 0.05) is 18.3 Å². The van der Waals surface area contributed by atoms with E-state index in [1.807, 2.05) is 6.92 Å². The summed E-state index contributed by atoms with van der Waals surface area (Å²) in [7, 11) is 0. The van der Waals surface area contributed by atoms with Gasteiger partial charge in [-0.15, -0.1) is 4.48 Å². The van der Waals surface area contributed by atoms with Gasteiger partial charge in [0.05, 0.1) is 0 Å². The highest BCUT2D eigenvalue weighted by Crippen LogP contribution is 2.15. The van der Waals surface area contributed by atoms with Crippen LogP contribution in [-0.2, 0) is 19.3 Å². The van der Waals surface area contributed by atoms with Crippen molar-refractivity contribution >= 4 is 0 Å². The van der Waals surface area contributed by atoms with Gasteiger partial charge in [0.15, 0.2) is 0 Å². The average Bonchev–Trinajstić information content (AvgIpc) is 2.58. The number of aryl methyl sites for hydroxylation is 3. The highest BCUT2D eigenvalue weighted by atomic mass is 19.2. The first-order valence-electron chi connectivity index (χ1n) is 8.98. The summed E-state index contributed by atoms with van der Waals surface area (Å²) in [4.78, 5) is 0. The van der Waals surface area contributed by atoms with E-state index < -0.39 is 0 Å². The number of unbranched alkanes of at least 4 members (excludes halogenated alkanes) is 1. The Morgan fingerprint density at radius 3 is 2.26 bits per heavy atom. The van der Waals surface area contributed by atoms with Crippen molar-refractivity contribution in [1.29, 1.82) is 0 Å². The molecule has 3 heteroatoms. The molecule has 0 bridgehead atoms. The predicted molar refractivity (Wildman–Crippen MR) is 98.2 cm³/mol. The molecule has 2 N–H and O–H groups in total. The molecule has 1 unspecified atom stereocenters. The average molecular weight is 320 g/mol. The van der Waals surface area contributed by atoms with Crippen LogP contribution in [0.4, 0.5) is 4.48 Å². The van der Waals surface area contributed by atoms with Crippen molar-refractivity contribution in [2.45, 2.75) is 71.8 Å². The first kappa shape index (κ1) is 19.7. The SMILES string of the molecule is C=C(CCc1cc(CC)cc(CC)c1)NCCCCC(C)NF. The Kier molecular flexibility index (Phi) is 9.61. The highest BCUT2D eigenvalue weighted by Gasteiger charge is 2.02. The van der Waals surface area contributed by atoms with E-state index in [1.165, 1.54) is 16.7 Å². The van der Waals surface area contributed by atoms with E-state index in [2.05, 4.69) is 43.9 Å². The second kappa shape index (κ2) is 11.2. The van der Waals surface area contributed by atoms with Gasteiger partial charge < -0.3 is 5.32 Å². The maximum atomic E-state index is 12.1. The number of benzene rings is 1. The molecule has 0 aliphatic carbocycles. The fraction of sp³-hybridized carbons (Fsp3) is 0.600. The van der Waals surface area contributed by atoms with Crippen molar-refractivity contribution in [3.8, 4) is 0 Å². The summed E-state index contributed by atoms with van der Waals surface area (Å²) in [6, 6.07) is 6.90. The van der Waals surface area contributed by atoms with Crippen LogP contribution >= 0.6 is 0 Å². The molecule has 1 rings (SSSR count). The lowest BCUT2D eigenvalue weighted by atomic mass is 9.99. The van der Waals surface area contributed by atoms with Crippen LogP contribution in [-0.4, -0.2) is 12.6 Å². The highest BCUT2D eigenvalue weighted by molar-refractivity contribution is 5.30. The first-order chi connectivity index (χ1) is 11.1. The molecule has 1 aromatic carbocycles. The minimum absolute atomic E-state index is 0.0446. The first-order valence-corrected chi connectivity index (χ1v) is 8.98. The van der Waals surface area contributed by atoms with Crippen molar-refractivity contribution in [2.75, 3.05) is 6.54 Å². The zero-order valence-corrected chi connectivity index (χ0v) is 15.1. The second-order valence-corrected chi connectivity index (χ2v) is 6.40. The Bertz CT molecular complexity index is 448. The molecule has 0 amide bonds. The molecule has 0 fully saturated rings. The Labute approximate surface area is 141 Å². The van der Waals surface area contributed by atoms with E-state index in [9.17, 15) is 4.48 Å². The molecule has 130 valence electrons. The third-order valence-corrected chi connectivity index (χ3v) is 4.27. The van der Waals surface area contributed by atoms with Crippen LogP contribution in [0.2, 0.25) is 0 Å². The molecule has 0 saturated heterocycles. The molecule has 0 spiro atoms. The number of halogens is 1. The molecule has 1 atom stereocenters. The number of nitrogens with one attached hydrogen (secondary N) is 2. The smallest absolute Gasteiger partial charge is 0.0343 e. The normalized spacial score (nSPS) is 12.2. The molecular weight excluding hydrogens is 287 g/mol. The zero-order valence-electron chi connectivity index (χ0n) is 15.1. The van der Waals surface area contributed by atoms with Crippen LogP contribution in [0.15, 0.2) is 30.5 Å². The predicted octanol–water partition coefficient (Wildman–Crippen LogP) is 4.88. The van der Waals surface area contributed by atoms with E-state index in [0.29, 0.717) is 0 Å². The van der Waals surface area contributed by atoms with E-state index in [-0.39, 0.29) is 6.04 Å². The van der Waals surface area contributed by atoms with Crippen molar-refractivity contribution in [3.63, 3.8) is 0 Å².